The number of rotatable bonds is 2. The van der Waals surface area contributed by atoms with E-state index in [0.717, 1.165) is 42.7 Å². The lowest BCUT2D eigenvalue weighted by atomic mass is 10.3. The van der Waals surface area contributed by atoms with Crippen molar-refractivity contribution in [2.45, 2.75) is 0 Å². The summed E-state index contributed by atoms with van der Waals surface area (Å²) < 4.78 is 0. The third-order valence-electron chi connectivity index (χ3n) is 2.96. The summed E-state index contributed by atoms with van der Waals surface area (Å²) in [6.07, 6.45) is 1.85. The predicted molar refractivity (Wildman–Crippen MR) is 71.7 cm³/mol. The zero-order valence-electron chi connectivity index (χ0n) is 9.81. The van der Waals surface area contributed by atoms with E-state index in [1.165, 1.54) is 11.3 Å². The van der Waals surface area contributed by atoms with Gasteiger partial charge in [0.1, 0.15) is 16.6 Å². The van der Waals surface area contributed by atoms with Crippen molar-refractivity contribution in [1.29, 1.82) is 5.26 Å². The molecular weight excluding hydrogens is 246 g/mol. The summed E-state index contributed by atoms with van der Waals surface area (Å²) in [7, 11) is 0. The summed E-state index contributed by atoms with van der Waals surface area (Å²) in [6, 6.07) is 6.10. The van der Waals surface area contributed by atoms with Crippen molar-refractivity contribution in [3.05, 3.63) is 23.2 Å². The maximum atomic E-state index is 9.20. The van der Waals surface area contributed by atoms with E-state index in [2.05, 4.69) is 26.3 Å². The topological polar surface area (TPSA) is 67.7 Å². The largest absolute Gasteiger partial charge is 0.360 e. The second kappa shape index (κ2) is 4.80. The van der Waals surface area contributed by atoms with Crippen LogP contribution in [-0.2, 0) is 0 Å². The van der Waals surface area contributed by atoms with E-state index < -0.39 is 0 Å². The van der Waals surface area contributed by atoms with Crippen LogP contribution in [0.2, 0.25) is 0 Å². The normalized spacial score (nSPS) is 15.6. The van der Waals surface area contributed by atoms with E-state index in [1.807, 2.05) is 18.3 Å². The molecule has 3 heterocycles. The van der Waals surface area contributed by atoms with Gasteiger partial charge in [0.2, 0.25) is 0 Å². The quantitative estimate of drug-likeness (QED) is 0.856. The Balaban J connectivity index is 1.96. The fraction of sp³-hybridized carbons (Fsp3) is 0.333. The summed E-state index contributed by atoms with van der Waals surface area (Å²) in [5.41, 5.74) is 1.67. The molecule has 2 N–H and O–H groups in total. The van der Waals surface area contributed by atoms with Crippen molar-refractivity contribution in [2.75, 3.05) is 31.1 Å². The van der Waals surface area contributed by atoms with Gasteiger partial charge in [-0.2, -0.15) is 5.26 Å². The van der Waals surface area contributed by atoms with E-state index in [1.54, 1.807) is 0 Å². The number of aromatic nitrogens is 2. The molecular formula is C12H13N5S. The molecule has 0 aromatic carbocycles. The number of H-pyrrole nitrogens is 1. The third kappa shape index (κ3) is 1.98. The van der Waals surface area contributed by atoms with Crippen LogP contribution in [0.5, 0.6) is 0 Å². The number of nitrogens with one attached hydrogen (secondary N) is 2. The minimum absolute atomic E-state index is 0.672. The average Bonchev–Trinajstić information content (AvgIpc) is 3.08. The van der Waals surface area contributed by atoms with Gasteiger partial charge in [0.05, 0.1) is 5.69 Å². The Bertz CT molecular complexity index is 560. The smallest absolute Gasteiger partial charge is 0.187 e. The SMILES string of the molecule is N#Cc1sc(N2CCNCC2)nc1-c1ccc[nH]1. The first-order valence-electron chi connectivity index (χ1n) is 5.89. The third-order valence-corrected chi connectivity index (χ3v) is 3.98. The Morgan fingerprint density at radius 3 is 2.89 bits per heavy atom. The molecule has 6 heteroatoms. The Hall–Kier alpha value is -1.84. The molecule has 1 fully saturated rings. The van der Waals surface area contributed by atoms with Crippen LogP contribution >= 0.6 is 11.3 Å². The first-order chi connectivity index (χ1) is 8.88. The fourth-order valence-corrected chi connectivity index (χ4v) is 2.97. The molecule has 0 atom stereocenters. The zero-order valence-corrected chi connectivity index (χ0v) is 10.6. The predicted octanol–water partition coefficient (Wildman–Crippen LogP) is 1.42. The first kappa shape index (κ1) is 11.3. The number of thiazole rings is 1. The van der Waals surface area contributed by atoms with Crippen LogP contribution in [0.3, 0.4) is 0 Å². The maximum Gasteiger partial charge on any atom is 0.187 e. The lowest BCUT2D eigenvalue weighted by Gasteiger charge is -2.26. The molecule has 1 aliphatic rings. The van der Waals surface area contributed by atoms with E-state index in [9.17, 15) is 5.26 Å². The number of aromatic amines is 1. The molecule has 92 valence electrons. The average molecular weight is 259 g/mol. The van der Waals surface area contributed by atoms with Gasteiger partial charge in [0.25, 0.3) is 0 Å². The fourth-order valence-electron chi connectivity index (χ4n) is 2.04. The summed E-state index contributed by atoms with van der Waals surface area (Å²) in [4.78, 5) is 10.6. The van der Waals surface area contributed by atoms with E-state index in [0.29, 0.717) is 4.88 Å². The molecule has 18 heavy (non-hydrogen) atoms. The summed E-state index contributed by atoms with van der Waals surface area (Å²) in [6.45, 7) is 3.84. The first-order valence-corrected chi connectivity index (χ1v) is 6.70. The van der Waals surface area contributed by atoms with E-state index in [4.69, 9.17) is 0 Å². The molecule has 0 spiro atoms. The number of piperazine rings is 1. The number of nitrogens with zero attached hydrogens (tertiary/aromatic N) is 3. The highest BCUT2D eigenvalue weighted by atomic mass is 32.1. The van der Waals surface area contributed by atoms with Crippen molar-refractivity contribution >= 4 is 16.5 Å². The van der Waals surface area contributed by atoms with Crippen LogP contribution in [-0.4, -0.2) is 36.1 Å². The summed E-state index contributed by atoms with van der Waals surface area (Å²) in [5, 5.41) is 13.5. The van der Waals surface area contributed by atoms with Crippen LogP contribution in [0, 0.1) is 11.3 Å². The number of hydrogen-bond donors (Lipinski definition) is 2. The Kier molecular flexibility index (Phi) is 3.00. The lowest BCUT2D eigenvalue weighted by Crippen LogP contribution is -2.43. The second-order valence-electron chi connectivity index (χ2n) is 4.11. The van der Waals surface area contributed by atoms with Gasteiger partial charge >= 0.3 is 0 Å². The standard InChI is InChI=1S/C12H13N5S/c13-8-10-11(9-2-1-3-15-9)16-12(18-10)17-6-4-14-5-7-17/h1-3,14-15H,4-7H2. The van der Waals surface area contributed by atoms with Crippen molar-refractivity contribution in [2.24, 2.45) is 0 Å². The number of anilines is 1. The molecule has 1 aliphatic heterocycles. The van der Waals surface area contributed by atoms with Gasteiger partial charge in [0.15, 0.2) is 5.13 Å². The highest BCUT2D eigenvalue weighted by Gasteiger charge is 2.19. The van der Waals surface area contributed by atoms with Crippen molar-refractivity contribution in [3.63, 3.8) is 0 Å². The van der Waals surface area contributed by atoms with Crippen molar-refractivity contribution in [3.8, 4) is 17.5 Å². The molecule has 5 nitrogen and oxygen atoms in total. The van der Waals surface area contributed by atoms with Gasteiger partial charge in [0, 0.05) is 32.4 Å². The molecule has 0 amide bonds. The van der Waals surface area contributed by atoms with Crippen LogP contribution in [0.25, 0.3) is 11.4 Å². The minimum Gasteiger partial charge on any atom is -0.360 e. The van der Waals surface area contributed by atoms with Gasteiger partial charge in [-0.3, -0.25) is 0 Å². The molecule has 3 rings (SSSR count). The van der Waals surface area contributed by atoms with Crippen LogP contribution in [0.4, 0.5) is 5.13 Å². The highest BCUT2D eigenvalue weighted by molar-refractivity contribution is 7.16. The molecule has 1 saturated heterocycles. The second-order valence-corrected chi connectivity index (χ2v) is 5.08. The highest BCUT2D eigenvalue weighted by Crippen LogP contribution is 2.31. The molecule has 0 saturated carbocycles. The molecule has 0 aliphatic carbocycles. The minimum atomic E-state index is 0.672. The van der Waals surface area contributed by atoms with Crippen LogP contribution < -0.4 is 10.2 Å². The molecule has 0 radical (unpaired) electrons. The van der Waals surface area contributed by atoms with Gasteiger partial charge in [-0.05, 0) is 12.1 Å². The van der Waals surface area contributed by atoms with E-state index in [-0.39, 0.29) is 0 Å². The van der Waals surface area contributed by atoms with Gasteiger partial charge in [-0.1, -0.05) is 11.3 Å². The van der Waals surface area contributed by atoms with E-state index >= 15 is 0 Å². The molecule has 0 unspecified atom stereocenters. The monoisotopic (exact) mass is 259 g/mol. The summed E-state index contributed by atoms with van der Waals surface area (Å²) >= 11 is 1.47. The van der Waals surface area contributed by atoms with Gasteiger partial charge in [-0.15, -0.1) is 0 Å². The molecule has 2 aromatic rings. The zero-order chi connectivity index (χ0) is 12.4. The van der Waals surface area contributed by atoms with Crippen LogP contribution in [0.15, 0.2) is 18.3 Å². The lowest BCUT2D eigenvalue weighted by molar-refractivity contribution is 0.588. The Labute approximate surface area is 109 Å². The van der Waals surface area contributed by atoms with Crippen LogP contribution in [0.1, 0.15) is 4.88 Å². The Morgan fingerprint density at radius 2 is 2.22 bits per heavy atom. The maximum absolute atomic E-state index is 9.20. The van der Waals surface area contributed by atoms with Gasteiger partial charge < -0.3 is 15.2 Å². The molecule has 0 bridgehead atoms. The Morgan fingerprint density at radius 1 is 1.39 bits per heavy atom. The van der Waals surface area contributed by atoms with Gasteiger partial charge in [-0.25, -0.2) is 4.98 Å². The van der Waals surface area contributed by atoms with Crippen molar-refractivity contribution in [1.82, 2.24) is 15.3 Å². The summed E-state index contributed by atoms with van der Waals surface area (Å²) in [5.74, 6) is 0. The molecule has 2 aromatic heterocycles. The number of hydrogen-bond acceptors (Lipinski definition) is 5. The number of nitriles is 1. The van der Waals surface area contributed by atoms with Crippen molar-refractivity contribution < 1.29 is 0 Å².